The molecule has 0 aliphatic heterocycles. The molecule has 0 spiro atoms. The lowest BCUT2D eigenvalue weighted by Crippen LogP contribution is -2.28. The van der Waals surface area contributed by atoms with Crippen molar-refractivity contribution >= 4 is 21.6 Å². The summed E-state index contributed by atoms with van der Waals surface area (Å²) < 4.78 is 1.73. The highest BCUT2D eigenvalue weighted by Gasteiger charge is 2.16. The fourth-order valence-electron chi connectivity index (χ4n) is 1.78. The average molecular weight is 277 g/mol. The minimum Gasteiger partial charge on any atom is -0.493 e. The van der Waals surface area contributed by atoms with Crippen LogP contribution in [0.25, 0.3) is 15.8 Å². The number of benzene rings is 1. The van der Waals surface area contributed by atoms with Crippen molar-refractivity contribution in [1.29, 1.82) is 0 Å². The van der Waals surface area contributed by atoms with E-state index >= 15 is 0 Å². The van der Waals surface area contributed by atoms with Crippen LogP contribution in [0.3, 0.4) is 0 Å². The first-order valence-electron chi connectivity index (χ1n) is 5.25. The Morgan fingerprint density at radius 3 is 2.53 bits per heavy atom. The molecule has 2 aromatic heterocycles. The lowest BCUT2D eigenvalue weighted by Gasteiger charge is -2.00. The molecule has 1 aromatic carbocycles. The zero-order valence-corrected chi connectivity index (χ0v) is 10.2. The van der Waals surface area contributed by atoms with E-state index in [-0.39, 0.29) is 5.69 Å². The molecule has 3 N–H and O–H groups in total. The van der Waals surface area contributed by atoms with Gasteiger partial charge in [0.05, 0.1) is 10.1 Å². The molecule has 8 heteroatoms. The van der Waals surface area contributed by atoms with Crippen LogP contribution in [0.2, 0.25) is 0 Å². The second-order valence-corrected chi connectivity index (χ2v) is 4.78. The van der Waals surface area contributed by atoms with E-state index in [1.807, 2.05) is 9.97 Å². The van der Waals surface area contributed by atoms with Crippen LogP contribution in [0.1, 0.15) is 0 Å². The predicted molar refractivity (Wildman–Crippen MR) is 70.3 cm³/mol. The molecule has 0 bridgehead atoms. The van der Waals surface area contributed by atoms with Gasteiger partial charge in [-0.05, 0) is 12.1 Å². The molecule has 2 heterocycles. The second-order valence-electron chi connectivity index (χ2n) is 3.79. The van der Waals surface area contributed by atoms with Crippen LogP contribution in [0, 0.1) is 0 Å². The number of hydrogen-bond acceptors (Lipinski definition) is 5. The Hall–Kier alpha value is -2.61. The monoisotopic (exact) mass is 277 g/mol. The topological polar surface area (TPSA) is 108 Å². The van der Waals surface area contributed by atoms with E-state index in [1.54, 1.807) is 24.3 Å². The van der Waals surface area contributed by atoms with Gasteiger partial charge in [0.1, 0.15) is 0 Å². The van der Waals surface area contributed by atoms with Crippen LogP contribution >= 0.6 is 11.5 Å². The van der Waals surface area contributed by atoms with Gasteiger partial charge in [0, 0.05) is 0 Å². The first-order chi connectivity index (χ1) is 9.08. The number of nitrogens with one attached hydrogen (secondary N) is 2. The number of hydrogen-bond donors (Lipinski definition) is 3. The van der Waals surface area contributed by atoms with Crippen molar-refractivity contribution in [2.45, 2.75) is 0 Å². The highest BCUT2D eigenvalue weighted by atomic mass is 32.1. The first-order valence-corrected chi connectivity index (χ1v) is 6.02. The second kappa shape index (κ2) is 3.95. The van der Waals surface area contributed by atoms with Gasteiger partial charge in [-0.1, -0.05) is 23.7 Å². The number of rotatable bonds is 1. The molecule has 0 fully saturated rings. The number of fused-ring (bicyclic) bond motifs is 1. The summed E-state index contributed by atoms with van der Waals surface area (Å²) in [4.78, 5) is 38.8. The molecule has 0 saturated carbocycles. The summed E-state index contributed by atoms with van der Waals surface area (Å²) >= 11 is 1.01. The third-order valence-corrected chi connectivity index (χ3v) is 3.68. The van der Waals surface area contributed by atoms with Crippen molar-refractivity contribution in [3.63, 3.8) is 0 Å². The molecule has 0 unspecified atom stereocenters. The molecular formula is C11H7N3O4S. The SMILES string of the molecule is O=c1[nH]c(O)c(-n2sc3ccccc3c2=O)c(=O)[nH]1. The normalized spacial score (nSPS) is 10.9. The third kappa shape index (κ3) is 1.69. The maximum absolute atomic E-state index is 12.1. The van der Waals surface area contributed by atoms with Gasteiger partial charge in [-0.25, -0.2) is 8.75 Å². The summed E-state index contributed by atoms with van der Waals surface area (Å²) in [6, 6.07) is 6.83. The Balaban J connectivity index is 2.44. The van der Waals surface area contributed by atoms with Gasteiger partial charge < -0.3 is 5.11 Å². The van der Waals surface area contributed by atoms with Crippen LogP contribution < -0.4 is 16.8 Å². The van der Waals surface area contributed by atoms with Crippen LogP contribution in [0.4, 0.5) is 0 Å². The summed E-state index contributed by atoms with van der Waals surface area (Å²) in [5.41, 5.74) is -2.37. The Kier molecular flexibility index (Phi) is 2.39. The van der Waals surface area contributed by atoms with Crippen molar-refractivity contribution in [2.24, 2.45) is 0 Å². The summed E-state index contributed by atoms with van der Waals surface area (Å²) in [5.74, 6) is -0.637. The van der Waals surface area contributed by atoms with E-state index in [4.69, 9.17) is 0 Å². The van der Waals surface area contributed by atoms with Crippen molar-refractivity contribution in [1.82, 2.24) is 13.9 Å². The maximum atomic E-state index is 12.1. The molecule has 0 aliphatic rings. The molecule has 0 atom stereocenters. The number of aromatic amines is 2. The fourth-order valence-corrected chi connectivity index (χ4v) is 2.81. The largest absolute Gasteiger partial charge is 0.493 e. The highest BCUT2D eigenvalue weighted by molar-refractivity contribution is 7.14. The Labute approximate surface area is 108 Å². The van der Waals surface area contributed by atoms with E-state index in [0.29, 0.717) is 10.1 Å². The number of aromatic nitrogens is 3. The average Bonchev–Trinajstić information content (AvgIpc) is 2.66. The number of nitrogens with zero attached hydrogens (tertiary/aromatic N) is 1. The van der Waals surface area contributed by atoms with E-state index in [1.165, 1.54) is 0 Å². The molecule has 7 nitrogen and oxygen atoms in total. The van der Waals surface area contributed by atoms with Gasteiger partial charge >= 0.3 is 5.69 Å². The Bertz CT molecular complexity index is 947. The smallest absolute Gasteiger partial charge is 0.328 e. The van der Waals surface area contributed by atoms with Crippen LogP contribution in [0.15, 0.2) is 38.6 Å². The zero-order valence-electron chi connectivity index (χ0n) is 9.34. The zero-order chi connectivity index (χ0) is 13.6. The summed E-state index contributed by atoms with van der Waals surface area (Å²) in [6.45, 7) is 0. The predicted octanol–water partition coefficient (Wildman–Crippen LogP) is 0.134. The lowest BCUT2D eigenvalue weighted by molar-refractivity contribution is 0.446. The standard InChI is InChI=1S/C11H7N3O4S/c15-8-7(9(16)13-11(18)12-8)14-10(17)5-3-1-2-4-6(5)19-14/h1-4H,(H3,12,13,15,16,18). The van der Waals surface area contributed by atoms with Gasteiger partial charge in [-0.15, -0.1) is 0 Å². The van der Waals surface area contributed by atoms with Gasteiger partial charge in [0.15, 0.2) is 5.69 Å². The van der Waals surface area contributed by atoms with E-state index in [0.717, 1.165) is 15.5 Å². The summed E-state index contributed by atoms with van der Waals surface area (Å²) in [6.07, 6.45) is 0. The van der Waals surface area contributed by atoms with Crippen molar-refractivity contribution in [3.05, 3.63) is 55.5 Å². The van der Waals surface area contributed by atoms with Crippen molar-refractivity contribution in [3.8, 4) is 11.6 Å². The van der Waals surface area contributed by atoms with Crippen LogP contribution in [-0.2, 0) is 0 Å². The van der Waals surface area contributed by atoms with Crippen LogP contribution in [0.5, 0.6) is 5.88 Å². The van der Waals surface area contributed by atoms with Crippen molar-refractivity contribution in [2.75, 3.05) is 0 Å². The van der Waals surface area contributed by atoms with E-state index < -0.39 is 22.7 Å². The van der Waals surface area contributed by atoms with E-state index in [9.17, 15) is 19.5 Å². The Morgan fingerprint density at radius 2 is 1.84 bits per heavy atom. The lowest BCUT2D eigenvalue weighted by atomic mass is 10.3. The number of H-pyrrole nitrogens is 2. The minimum absolute atomic E-state index is 0.286. The molecule has 0 aliphatic carbocycles. The van der Waals surface area contributed by atoms with Gasteiger partial charge in [-0.3, -0.25) is 19.6 Å². The summed E-state index contributed by atoms with van der Waals surface area (Å²) in [7, 11) is 0. The minimum atomic E-state index is -0.833. The molecule has 0 amide bonds. The molecule has 0 radical (unpaired) electrons. The summed E-state index contributed by atoms with van der Waals surface area (Å²) in [5, 5.41) is 10.1. The van der Waals surface area contributed by atoms with Crippen molar-refractivity contribution < 1.29 is 5.11 Å². The van der Waals surface area contributed by atoms with Gasteiger partial charge in [-0.2, -0.15) is 0 Å². The highest BCUT2D eigenvalue weighted by Crippen LogP contribution is 2.20. The first kappa shape index (κ1) is 11.5. The molecule has 96 valence electrons. The Morgan fingerprint density at radius 1 is 1.11 bits per heavy atom. The number of aromatic hydroxyl groups is 1. The molecule has 0 saturated heterocycles. The molecule has 3 aromatic rings. The molecule has 3 rings (SSSR count). The molecule has 19 heavy (non-hydrogen) atoms. The van der Waals surface area contributed by atoms with Crippen LogP contribution in [-0.4, -0.2) is 19.0 Å². The maximum Gasteiger partial charge on any atom is 0.328 e. The fraction of sp³-hybridized carbons (Fsp3) is 0. The van der Waals surface area contributed by atoms with Gasteiger partial charge in [0.2, 0.25) is 5.88 Å². The van der Waals surface area contributed by atoms with Gasteiger partial charge in [0.25, 0.3) is 11.1 Å². The quantitative estimate of drug-likeness (QED) is 0.587. The van der Waals surface area contributed by atoms with E-state index in [2.05, 4.69) is 0 Å². The molecular weight excluding hydrogens is 270 g/mol. The third-order valence-electron chi connectivity index (χ3n) is 2.59.